The number of benzene rings is 3. The van der Waals surface area contributed by atoms with Crippen molar-refractivity contribution in [2.45, 2.75) is 38.3 Å². The largest absolute Gasteiger partial charge is 0.444 e. The molecule has 0 unspecified atom stereocenters. The number of likely N-dealkylation sites (tertiary alicyclic amines) is 1. The van der Waals surface area contributed by atoms with Gasteiger partial charge in [-0.3, -0.25) is 15.0 Å². The van der Waals surface area contributed by atoms with Gasteiger partial charge in [-0.15, -0.1) is 11.3 Å². The summed E-state index contributed by atoms with van der Waals surface area (Å²) < 4.78 is 5.34. The highest BCUT2D eigenvalue weighted by atomic mass is 32.1. The van der Waals surface area contributed by atoms with E-state index in [4.69, 9.17) is 4.74 Å². The molecule has 1 aromatic heterocycles. The van der Waals surface area contributed by atoms with Gasteiger partial charge in [-0.1, -0.05) is 91.0 Å². The van der Waals surface area contributed by atoms with Crippen LogP contribution < -0.4 is 5.32 Å². The number of amides is 1. The molecule has 1 amide bonds. The molecule has 7 heteroatoms. The molecule has 6 nitrogen and oxygen atoms in total. The summed E-state index contributed by atoms with van der Waals surface area (Å²) in [7, 11) is 0. The number of aromatic nitrogens is 1. The highest BCUT2D eigenvalue weighted by molar-refractivity contribution is 7.14. The topological polar surface area (TPSA) is 71.5 Å². The molecule has 0 spiro atoms. The molecule has 1 saturated heterocycles. The normalized spacial score (nSPS) is 15.7. The molecule has 0 aliphatic carbocycles. The number of hydrogen-bond acceptors (Lipinski definition) is 6. The summed E-state index contributed by atoms with van der Waals surface area (Å²) in [4.78, 5) is 32.3. The van der Waals surface area contributed by atoms with Gasteiger partial charge >= 0.3 is 6.09 Å². The van der Waals surface area contributed by atoms with Crippen LogP contribution in [0.3, 0.4) is 0 Å². The van der Waals surface area contributed by atoms with Crippen LogP contribution in [0.2, 0.25) is 0 Å². The number of thiazole rings is 1. The molecule has 2 heterocycles. The Bertz CT molecular complexity index is 1400. The SMILES string of the molecule is CC(C)(C)OC(=O)Nc1nc(/C=C2/CN(C(c3ccccc3)(c3ccccc3)c3ccccc3)CCC2=O)cs1. The first kappa shape index (κ1) is 27.5. The summed E-state index contributed by atoms with van der Waals surface area (Å²) >= 11 is 1.30. The monoisotopic (exact) mass is 551 g/mol. The van der Waals surface area contributed by atoms with E-state index in [0.717, 1.165) is 16.7 Å². The van der Waals surface area contributed by atoms with Gasteiger partial charge in [0.25, 0.3) is 0 Å². The van der Waals surface area contributed by atoms with Gasteiger partial charge in [0.15, 0.2) is 10.9 Å². The van der Waals surface area contributed by atoms with Crippen LogP contribution in [0.25, 0.3) is 6.08 Å². The Morgan fingerprint density at radius 1 is 0.900 bits per heavy atom. The van der Waals surface area contributed by atoms with Crippen LogP contribution in [0.15, 0.2) is 102 Å². The number of piperidine rings is 1. The lowest BCUT2D eigenvalue weighted by Crippen LogP contribution is -2.52. The summed E-state index contributed by atoms with van der Waals surface area (Å²) in [6, 6.07) is 31.4. The molecule has 40 heavy (non-hydrogen) atoms. The molecular weight excluding hydrogens is 518 g/mol. The Labute approximate surface area is 239 Å². The molecule has 0 radical (unpaired) electrons. The fraction of sp³-hybridized carbons (Fsp3) is 0.242. The van der Waals surface area contributed by atoms with E-state index < -0.39 is 17.2 Å². The van der Waals surface area contributed by atoms with E-state index in [0.29, 0.717) is 35.9 Å². The zero-order valence-corrected chi connectivity index (χ0v) is 23.8. The molecular formula is C33H33N3O3S. The Morgan fingerprint density at radius 2 is 1.43 bits per heavy atom. The van der Waals surface area contributed by atoms with Crippen LogP contribution in [-0.2, 0) is 15.1 Å². The molecule has 1 fully saturated rings. The fourth-order valence-corrected chi connectivity index (χ4v) is 5.90. The van der Waals surface area contributed by atoms with Gasteiger partial charge in [-0.05, 0) is 43.5 Å². The third kappa shape index (κ3) is 5.91. The number of carbonyl (C=O) groups excluding carboxylic acids is 2. The van der Waals surface area contributed by atoms with Gasteiger partial charge in [-0.25, -0.2) is 9.78 Å². The van der Waals surface area contributed by atoms with Crippen molar-refractivity contribution >= 4 is 34.4 Å². The number of hydrogen-bond donors (Lipinski definition) is 1. The Balaban J connectivity index is 1.53. The smallest absolute Gasteiger partial charge is 0.413 e. The van der Waals surface area contributed by atoms with Gasteiger partial charge in [-0.2, -0.15) is 0 Å². The van der Waals surface area contributed by atoms with Gasteiger partial charge in [0.05, 0.1) is 11.2 Å². The number of Topliss-reactive ketones (excluding diaryl/α,β-unsaturated/α-hetero) is 1. The van der Waals surface area contributed by atoms with E-state index in [2.05, 4.69) is 88.0 Å². The van der Waals surface area contributed by atoms with E-state index in [1.54, 1.807) is 0 Å². The van der Waals surface area contributed by atoms with E-state index in [9.17, 15) is 9.59 Å². The van der Waals surface area contributed by atoms with Crippen molar-refractivity contribution in [3.8, 4) is 0 Å². The average molecular weight is 552 g/mol. The van der Waals surface area contributed by atoms with Crippen LogP contribution in [0.1, 0.15) is 49.6 Å². The van der Waals surface area contributed by atoms with Crippen molar-refractivity contribution < 1.29 is 14.3 Å². The minimum Gasteiger partial charge on any atom is -0.444 e. The predicted octanol–water partition coefficient (Wildman–Crippen LogP) is 7.14. The van der Waals surface area contributed by atoms with E-state index in [-0.39, 0.29) is 5.78 Å². The van der Waals surface area contributed by atoms with Crippen molar-refractivity contribution in [2.24, 2.45) is 0 Å². The second-order valence-corrected chi connectivity index (χ2v) is 11.6. The first-order valence-electron chi connectivity index (χ1n) is 13.4. The number of ketones is 1. The van der Waals surface area contributed by atoms with E-state index in [1.807, 2.05) is 50.4 Å². The van der Waals surface area contributed by atoms with Crippen LogP contribution in [0.5, 0.6) is 0 Å². The zero-order valence-electron chi connectivity index (χ0n) is 23.0. The van der Waals surface area contributed by atoms with Crippen LogP contribution >= 0.6 is 11.3 Å². The van der Waals surface area contributed by atoms with Crippen LogP contribution in [0.4, 0.5) is 9.93 Å². The lowest BCUT2D eigenvalue weighted by atomic mass is 9.74. The van der Waals surface area contributed by atoms with Crippen molar-refractivity contribution in [2.75, 3.05) is 18.4 Å². The third-order valence-corrected chi connectivity index (χ3v) is 7.61. The highest BCUT2D eigenvalue weighted by Crippen LogP contribution is 2.44. The Hall–Kier alpha value is -4.07. The summed E-state index contributed by atoms with van der Waals surface area (Å²) in [5.41, 5.74) is 3.52. The van der Waals surface area contributed by atoms with Crippen molar-refractivity contribution in [3.05, 3.63) is 124 Å². The third-order valence-electron chi connectivity index (χ3n) is 6.83. The molecule has 0 saturated carbocycles. The number of rotatable bonds is 6. The maximum absolute atomic E-state index is 13.2. The standard InChI is InChI=1S/C33H33N3O3S/c1-32(2,3)39-31(38)35-30-34-28(23-40-30)21-24-22-36(20-19-29(24)37)33(25-13-7-4-8-14-25,26-15-9-5-10-16-26)27-17-11-6-12-18-27/h4-18,21,23H,19-20,22H2,1-3H3,(H,34,35,38)/b24-21-. The number of anilines is 1. The Kier molecular flexibility index (Phi) is 7.96. The van der Waals surface area contributed by atoms with Crippen molar-refractivity contribution in [3.63, 3.8) is 0 Å². The molecule has 1 aliphatic heterocycles. The molecule has 0 bridgehead atoms. The lowest BCUT2D eigenvalue weighted by Gasteiger charge is -2.47. The Morgan fingerprint density at radius 3 is 1.93 bits per heavy atom. The second-order valence-electron chi connectivity index (χ2n) is 10.8. The number of carbonyl (C=O) groups is 2. The first-order valence-corrected chi connectivity index (χ1v) is 14.2. The highest BCUT2D eigenvalue weighted by Gasteiger charge is 2.44. The average Bonchev–Trinajstić information content (AvgIpc) is 3.38. The summed E-state index contributed by atoms with van der Waals surface area (Å²) in [5, 5.41) is 4.95. The molecule has 4 aromatic rings. The quantitative estimate of drug-likeness (QED) is 0.204. The molecule has 204 valence electrons. The first-order chi connectivity index (χ1) is 19.3. The second kappa shape index (κ2) is 11.6. The van der Waals surface area contributed by atoms with Crippen molar-refractivity contribution in [1.82, 2.24) is 9.88 Å². The molecule has 3 aromatic carbocycles. The number of nitrogens with one attached hydrogen (secondary N) is 1. The van der Waals surface area contributed by atoms with Crippen LogP contribution in [-0.4, -0.2) is 40.5 Å². The lowest BCUT2D eigenvalue weighted by molar-refractivity contribution is -0.117. The zero-order chi connectivity index (χ0) is 28.2. The molecule has 5 rings (SSSR count). The summed E-state index contributed by atoms with van der Waals surface area (Å²) in [6.45, 7) is 6.49. The number of nitrogens with zero attached hydrogens (tertiary/aromatic N) is 2. The van der Waals surface area contributed by atoms with Gasteiger partial charge in [0, 0.05) is 30.5 Å². The fourth-order valence-electron chi connectivity index (χ4n) is 5.25. The van der Waals surface area contributed by atoms with E-state index >= 15 is 0 Å². The molecule has 1 N–H and O–H groups in total. The minimum absolute atomic E-state index is 0.106. The minimum atomic E-state index is -0.604. The molecule has 1 aliphatic rings. The van der Waals surface area contributed by atoms with Crippen molar-refractivity contribution in [1.29, 1.82) is 0 Å². The van der Waals surface area contributed by atoms with Gasteiger partial charge in [0.2, 0.25) is 0 Å². The summed E-state index contributed by atoms with van der Waals surface area (Å²) in [5.74, 6) is 0.106. The van der Waals surface area contributed by atoms with Gasteiger partial charge in [0.1, 0.15) is 5.60 Å². The van der Waals surface area contributed by atoms with Crippen LogP contribution in [0, 0.1) is 0 Å². The van der Waals surface area contributed by atoms with Gasteiger partial charge < -0.3 is 4.74 Å². The maximum atomic E-state index is 13.2. The molecule has 0 atom stereocenters. The number of ether oxygens (including phenoxy) is 1. The summed E-state index contributed by atoms with van der Waals surface area (Å²) in [6.07, 6.45) is 1.68. The van der Waals surface area contributed by atoms with E-state index in [1.165, 1.54) is 11.3 Å². The predicted molar refractivity (Wildman–Crippen MR) is 160 cm³/mol. The maximum Gasteiger partial charge on any atom is 0.413 e.